The fraction of sp³-hybridized carbons (Fsp3) is 0.263. The zero-order valence-corrected chi connectivity index (χ0v) is 14.8. The van der Waals surface area contributed by atoms with Crippen LogP contribution in [0.3, 0.4) is 0 Å². The molecule has 1 heterocycles. The van der Waals surface area contributed by atoms with Crippen molar-refractivity contribution in [2.24, 2.45) is 5.16 Å². The van der Waals surface area contributed by atoms with Gasteiger partial charge in [0.1, 0.15) is 17.2 Å². The molecule has 136 valence electrons. The summed E-state index contributed by atoms with van der Waals surface area (Å²) in [6.45, 7) is 5.35. The maximum Gasteiger partial charge on any atom is 0.368 e. The van der Waals surface area contributed by atoms with Crippen LogP contribution in [0.4, 0.5) is 4.39 Å². The molecule has 6 nitrogen and oxygen atoms in total. The second-order valence-electron chi connectivity index (χ2n) is 6.06. The summed E-state index contributed by atoms with van der Waals surface area (Å²) in [6, 6.07) is 8.59. The van der Waals surface area contributed by atoms with Crippen LogP contribution in [0.25, 0.3) is 0 Å². The zero-order chi connectivity index (χ0) is 19.2. The van der Waals surface area contributed by atoms with Crippen molar-refractivity contribution < 1.29 is 27.9 Å². The molecule has 0 aliphatic heterocycles. The SMILES string of the molecule is COC(=O)/C(C#Cc1ccc(Oc2ccc(F)cc2)o1)=N/OC(C)(C)C. The van der Waals surface area contributed by atoms with E-state index in [4.69, 9.17) is 14.0 Å². The van der Waals surface area contributed by atoms with Crippen LogP contribution in [-0.4, -0.2) is 24.4 Å². The fourth-order valence-electron chi connectivity index (χ4n) is 1.57. The van der Waals surface area contributed by atoms with Gasteiger partial charge in [-0.25, -0.2) is 9.18 Å². The number of hydrogen-bond acceptors (Lipinski definition) is 6. The fourth-order valence-corrected chi connectivity index (χ4v) is 1.57. The number of hydrogen-bond donors (Lipinski definition) is 0. The molecule has 2 rings (SSSR count). The summed E-state index contributed by atoms with van der Waals surface area (Å²) in [5.74, 6) is 4.92. The van der Waals surface area contributed by atoms with Gasteiger partial charge in [-0.1, -0.05) is 5.16 Å². The topological polar surface area (TPSA) is 70.3 Å². The van der Waals surface area contributed by atoms with Gasteiger partial charge in [-0.3, -0.25) is 0 Å². The Bertz CT molecular complexity index is 851. The maximum atomic E-state index is 12.9. The number of esters is 1. The normalized spacial score (nSPS) is 11.3. The number of nitrogens with zero attached hydrogens (tertiary/aromatic N) is 1. The van der Waals surface area contributed by atoms with Crippen molar-refractivity contribution in [1.29, 1.82) is 0 Å². The lowest BCUT2D eigenvalue weighted by Crippen LogP contribution is -2.20. The first-order valence-corrected chi connectivity index (χ1v) is 7.66. The Morgan fingerprint density at radius 3 is 2.46 bits per heavy atom. The number of rotatable bonds is 4. The highest BCUT2D eigenvalue weighted by atomic mass is 19.1. The van der Waals surface area contributed by atoms with Crippen molar-refractivity contribution in [3.8, 4) is 23.5 Å². The average Bonchev–Trinajstić information content (AvgIpc) is 3.03. The van der Waals surface area contributed by atoms with Crippen LogP contribution in [0.15, 0.2) is 46.0 Å². The Kier molecular flexibility index (Phi) is 6.02. The first-order valence-electron chi connectivity index (χ1n) is 7.66. The zero-order valence-electron chi connectivity index (χ0n) is 14.8. The van der Waals surface area contributed by atoms with E-state index in [0.29, 0.717) is 5.75 Å². The van der Waals surface area contributed by atoms with E-state index in [0.717, 1.165) is 0 Å². The molecule has 7 heteroatoms. The molecule has 0 bridgehead atoms. The molecule has 0 saturated heterocycles. The Labute approximate surface area is 150 Å². The quantitative estimate of drug-likeness (QED) is 0.358. The lowest BCUT2D eigenvalue weighted by atomic mass is 10.2. The molecule has 0 radical (unpaired) electrons. The van der Waals surface area contributed by atoms with Gasteiger partial charge in [0.2, 0.25) is 5.71 Å². The molecule has 1 aromatic carbocycles. The molecule has 0 aliphatic rings. The Hall–Kier alpha value is -3.27. The van der Waals surface area contributed by atoms with Crippen LogP contribution in [0.1, 0.15) is 26.5 Å². The standard InChI is InChI=1S/C19H18FNO5/c1-19(2,3)26-21-16(18(22)23-4)11-9-15-10-12-17(25-15)24-14-7-5-13(20)6-8-14/h5-8,10,12H,1-4H3/b21-16+. The summed E-state index contributed by atoms with van der Waals surface area (Å²) in [5, 5.41) is 3.72. The van der Waals surface area contributed by atoms with Crippen molar-refractivity contribution in [2.75, 3.05) is 7.11 Å². The van der Waals surface area contributed by atoms with Crippen molar-refractivity contribution in [1.82, 2.24) is 0 Å². The number of methoxy groups -OCH3 is 1. The van der Waals surface area contributed by atoms with E-state index in [9.17, 15) is 9.18 Å². The third-order valence-corrected chi connectivity index (χ3v) is 2.71. The molecule has 0 aliphatic carbocycles. The number of oxime groups is 1. The summed E-state index contributed by atoms with van der Waals surface area (Å²) < 4.78 is 28.3. The van der Waals surface area contributed by atoms with E-state index >= 15 is 0 Å². The summed E-state index contributed by atoms with van der Waals surface area (Å²) in [4.78, 5) is 16.9. The molecular formula is C19H18FNO5. The minimum atomic E-state index is -0.726. The average molecular weight is 359 g/mol. The minimum absolute atomic E-state index is 0.170. The number of furan rings is 1. The summed E-state index contributed by atoms with van der Waals surface area (Å²) in [7, 11) is 1.22. The molecule has 2 aromatic rings. The Balaban J connectivity index is 2.13. The van der Waals surface area contributed by atoms with Gasteiger partial charge in [0.25, 0.3) is 5.95 Å². The van der Waals surface area contributed by atoms with Crippen LogP contribution < -0.4 is 4.74 Å². The molecule has 0 atom stereocenters. The molecule has 0 amide bonds. The second-order valence-corrected chi connectivity index (χ2v) is 6.06. The predicted molar refractivity (Wildman–Crippen MR) is 92.3 cm³/mol. The lowest BCUT2D eigenvalue weighted by Gasteiger charge is -2.15. The van der Waals surface area contributed by atoms with Crippen LogP contribution in [0.2, 0.25) is 0 Å². The van der Waals surface area contributed by atoms with Crippen molar-refractivity contribution in [3.63, 3.8) is 0 Å². The molecule has 0 fully saturated rings. The van der Waals surface area contributed by atoms with Gasteiger partial charge >= 0.3 is 5.97 Å². The van der Waals surface area contributed by atoms with Crippen LogP contribution in [0.5, 0.6) is 11.7 Å². The second kappa shape index (κ2) is 8.21. The summed E-state index contributed by atoms with van der Waals surface area (Å²) >= 11 is 0. The lowest BCUT2D eigenvalue weighted by molar-refractivity contribution is -0.132. The first kappa shape index (κ1) is 19.1. The largest absolute Gasteiger partial charge is 0.464 e. The van der Waals surface area contributed by atoms with Crippen LogP contribution >= 0.6 is 0 Å². The minimum Gasteiger partial charge on any atom is -0.464 e. The highest BCUT2D eigenvalue weighted by Crippen LogP contribution is 2.23. The van der Waals surface area contributed by atoms with Crippen molar-refractivity contribution >= 4 is 11.7 Å². The van der Waals surface area contributed by atoms with Gasteiger partial charge in [0.15, 0.2) is 5.76 Å². The molecule has 0 spiro atoms. The third-order valence-electron chi connectivity index (χ3n) is 2.71. The highest BCUT2D eigenvalue weighted by Gasteiger charge is 2.15. The Morgan fingerprint density at radius 1 is 1.15 bits per heavy atom. The van der Waals surface area contributed by atoms with Gasteiger partial charge < -0.3 is 18.7 Å². The molecule has 0 saturated carbocycles. The first-order chi connectivity index (χ1) is 12.3. The van der Waals surface area contributed by atoms with E-state index in [1.807, 2.05) is 0 Å². The highest BCUT2D eigenvalue weighted by molar-refractivity contribution is 6.43. The van der Waals surface area contributed by atoms with Gasteiger partial charge in [-0.05, 0) is 62.9 Å². The Morgan fingerprint density at radius 2 is 1.85 bits per heavy atom. The predicted octanol–water partition coefficient (Wildman–Crippen LogP) is 3.91. The van der Waals surface area contributed by atoms with Crippen molar-refractivity contribution in [2.45, 2.75) is 26.4 Å². The van der Waals surface area contributed by atoms with Crippen LogP contribution in [0, 0.1) is 17.7 Å². The van der Waals surface area contributed by atoms with E-state index in [2.05, 4.69) is 21.7 Å². The van der Waals surface area contributed by atoms with E-state index < -0.39 is 11.6 Å². The third kappa shape index (κ3) is 5.98. The number of ether oxygens (including phenoxy) is 2. The monoisotopic (exact) mass is 359 g/mol. The van der Waals surface area contributed by atoms with E-state index in [1.54, 1.807) is 32.9 Å². The maximum absolute atomic E-state index is 12.9. The molecule has 1 aromatic heterocycles. The van der Waals surface area contributed by atoms with Gasteiger partial charge in [0.05, 0.1) is 7.11 Å². The molecular weight excluding hydrogens is 341 g/mol. The van der Waals surface area contributed by atoms with Gasteiger partial charge in [-0.15, -0.1) is 0 Å². The van der Waals surface area contributed by atoms with Gasteiger partial charge in [-0.2, -0.15) is 0 Å². The number of halogens is 1. The summed E-state index contributed by atoms with van der Waals surface area (Å²) in [5.41, 5.74) is -0.776. The number of benzene rings is 1. The van der Waals surface area contributed by atoms with Crippen LogP contribution in [-0.2, 0) is 14.4 Å². The molecule has 26 heavy (non-hydrogen) atoms. The van der Waals surface area contributed by atoms with Gasteiger partial charge in [0, 0.05) is 6.07 Å². The van der Waals surface area contributed by atoms with E-state index in [1.165, 1.54) is 31.4 Å². The smallest absolute Gasteiger partial charge is 0.368 e. The summed E-state index contributed by atoms with van der Waals surface area (Å²) in [6.07, 6.45) is 0. The van der Waals surface area contributed by atoms with E-state index in [-0.39, 0.29) is 23.2 Å². The van der Waals surface area contributed by atoms with Crippen molar-refractivity contribution in [3.05, 3.63) is 48.0 Å². The molecule has 0 N–H and O–H groups in total. The number of carbonyl (C=O) groups is 1. The molecule has 0 unspecified atom stereocenters. The number of carbonyl (C=O) groups excluding carboxylic acids is 1.